The number of hydrogen-bond donors (Lipinski definition) is 1. The first-order chi connectivity index (χ1) is 11.7. The van der Waals surface area contributed by atoms with Crippen molar-refractivity contribution in [3.8, 4) is 0 Å². The van der Waals surface area contributed by atoms with E-state index in [0.717, 1.165) is 18.7 Å². The van der Waals surface area contributed by atoms with Crippen LogP contribution in [-0.4, -0.2) is 16.5 Å². The molecule has 4 nitrogen and oxygen atoms in total. The topological polar surface area (TPSA) is 41.1 Å². The fourth-order valence-electron chi connectivity index (χ4n) is 2.82. The van der Waals surface area contributed by atoms with Crippen molar-refractivity contribution in [2.24, 2.45) is 0 Å². The number of fused-ring (bicyclic) bond motifs is 1. The zero-order valence-electron chi connectivity index (χ0n) is 12.7. The molecule has 0 spiro atoms. The second-order valence-corrected chi connectivity index (χ2v) is 6.37. The molecule has 1 aromatic heterocycles. The molecule has 4 rings (SSSR count). The van der Waals surface area contributed by atoms with E-state index in [4.69, 9.17) is 23.2 Å². The molecular weight excluding hydrogens is 343 g/mol. The zero-order chi connectivity index (χ0) is 16.5. The van der Waals surface area contributed by atoms with Gasteiger partial charge in [-0.25, -0.2) is 4.98 Å². The van der Waals surface area contributed by atoms with Gasteiger partial charge in [0.15, 0.2) is 0 Å². The first-order valence-corrected chi connectivity index (χ1v) is 8.37. The average Bonchev–Trinajstić information content (AvgIpc) is 3.02. The van der Waals surface area contributed by atoms with E-state index in [2.05, 4.69) is 38.4 Å². The molecular formula is C18H14Cl2N4. The maximum Gasteiger partial charge on any atom is 0.231 e. The van der Waals surface area contributed by atoms with Gasteiger partial charge >= 0.3 is 0 Å². The monoisotopic (exact) mass is 356 g/mol. The SMILES string of the molecule is Clc1ccc(Nc2ccnc(N3CCc4ccccc43)n2)c(Cl)c1. The predicted octanol–water partition coefficient (Wildman–Crippen LogP) is 5.22. The Balaban J connectivity index is 1.63. The number of nitrogens with one attached hydrogen (secondary N) is 1. The predicted molar refractivity (Wildman–Crippen MR) is 98.9 cm³/mol. The maximum absolute atomic E-state index is 6.21. The van der Waals surface area contributed by atoms with Crippen LogP contribution in [0.15, 0.2) is 54.7 Å². The third-order valence-corrected chi connectivity index (χ3v) is 4.51. The number of para-hydroxylation sites is 1. The van der Waals surface area contributed by atoms with Gasteiger partial charge in [-0.2, -0.15) is 4.98 Å². The summed E-state index contributed by atoms with van der Waals surface area (Å²) in [5.41, 5.74) is 3.24. The summed E-state index contributed by atoms with van der Waals surface area (Å²) < 4.78 is 0. The van der Waals surface area contributed by atoms with Gasteiger partial charge in [0.2, 0.25) is 5.95 Å². The molecule has 2 aromatic carbocycles. The van der Waals surface area contributed by atoms with Gasteiger partial charge in [0.25, 0.3) is 0 Å². The maximum atomic E-state index is 6.21. The van der Waals surface area contributed by atoms with Gasteiger partial charge < -0.3 is 10.2 Å². The van der Waals surface area contributed by atoms with Crippen LogP contribution in [0.4, 0.5) is 23.1 Å². The highest BCUT2D eigenvalue weighted by Gasteiger charge is 2.21. The van der Waals surface area contributed by atoms with Crippen LogP contribution >= 0.6 is 23.2 Å². The highest BCUT2D eigenvalue weighted by atomic mass is 35.5. The lowest BCUT2D eigenvalue weighted by molar-refractivity contribution is 0.941. The molecule has 0 aliphatic carbocycles. The van der Waals surface area contributed by atoms with Crippen molar-refractivity contribution in [2.75, 3.05) is 16.8 Å². The van der Waals surface area contributed by atoms with Crippen molar-refractivity contribution >= 4 is 46.3 Å². The van der Waals surface area contributed by atoms with E-state index in [1.54, 1.807) is 18.3 Å². The summed E-state index contributed by atoms with van der Waals surface area (Å²) >= 11 is 12.1. The Kier molecular flexibility index (Phi) is 4.00. The standard InChI is InChI=1S/C18H14Cl2N4/c19-13-5-6-15(14(20)11-13)22-17-7-9-21-18(23-17)24-10-8-12-3-1-2-4-16(12)24/h1-7,9,11H,8,10H2,(H,21,22,23). The lowest BCUT2D eigenvalue weighted by Crippen LogP contribution is -2.16. The fourth-order valence-corrected chi connectivity index (χ4v) is 3.28. The van der Waals surface area contributed by atoms with Gasteiger partial charge in [0.05, 0.1) is 10.7 Å². The molecule has 0 saturated heterocycles. The van der Waals surface area contributed by atoms with E-state index in [1.807, 2.05) is 18.2 Å². The summed E-state index contributed by atoms with van der Waals surface area (Å²) in [5, 5.41) is 4.37. The molecule has 0 saturated carbocycles. The Morgan fingerprint density at radius 2 is 1.92 bits per heavy atom. The number of nitrogens with zero attached hydrogens (tertiary/aromatic N) is 3. The van der Waals surface area contributed by atoms with Crippen LogP contribution in [0.2, 0.25) is 10.0 Å². The molecule has 0 atom stereocenters. The summed E-state index contributed by atoms with van der Waals surface area (Å²) in [5.74, 6) is 1.36. The van der Waals surface area contributed by atoms with E-state index in [-0.39, 0.29) is 0 Å². The zero-order valence-corrected chi connectivity index (χ0v) is 14.2. The summed E-state index contributed by atoms with van der Waals surface area (Å²) in [6.07, 6.45) is 2.75. The molecule has 120 valence electrons. The smallest absolute Gasteiger partial charge is 0.231 e. The van der Waals surface area contributed by atoms with Crippen LogP contribution in [0, 0.1) is 0 Å². The number of halogens is 2. The molecule has 6 heteroatoms. The summed E-state index contributed by atoms with van der Waals surface area (Å²) in [7, 11) is 0. The molecule has 0 radical (unpaired) electrons. The minimum absolute atomic E-state index is 0.550. The van der Waals surface area contributed by atoms with Gasteiger partial charge in [-0.15, -0.1) is 0 Å². The van der Waals surface area contributed by atoms with E-state index in [0.29, 0.717) is 21.8 Å². The van der Waals surface area contributed by atoms with Crippen molar-refractivity contribution in [3.63, 3.8) is 0 Å². The number of benzene rings is 2. The van der Waals surface area contributed by atoms with Crippen LogP contribution in [0.1, 0.15) is 5.56 Å². The Hall–Kier alpha value is -2.30. The molecule has 0 amide bonds. The minimum atomic E-state index is 0.550. The van der Waals surface area contributed by atoms with Crippen LogP contribution in [0.5, 0.6) is 0 Å². The Labute approximate surface area is 150 Å². The van der Waals surface area contributed by atoms with E-state index in [1.165, 1.54) is 11.3 Å². The number of rotatable bonds is 3. The van der Waals surface area contributed by atoms with Crippen molar-refractivity contribution in [1.29, 1.82) is 0 Å². The molecule has 0 unspecified atom stereocenters. The summed E-state index contributed by atoms with van der Waals surface area (Å²) in [4.78, 5) is 11.2. The van der Waals surface area contributed by atoms with Crippen LogP contribution in [-0.2, 0) is 6.42 Å². The van der Waals surface area contributed by atoms with Gasteiger partial charge in [-0.05, 0) is 42.3 Å². The second-order valence-electron chi connectivity index (χ2n) is 5.52. The highest BCUT2D eigenvalue weighted by molar-refractivity contribution is 6.36. The Morgan fingerprint density at radius 1 is 1.04 bits per heavy atom. The van der Waals surface area contributed by atoms with E-state index in [9.17, 15) is 0 Å². The highest BCUT2D eigenvalue weighted by Crippen LogP contribution is 2.33. The summed E-state index contributed by atoms with van der Waals surface area (Å²) in [6, 6.07) is 15.5. The number of hydrogen-bond acceptors (Lipinski definition) is 4. The lowest BCUT2D eigenvalue weighted by Gasteiger charge is -2.18. The van der Waals surface area contributed by atoms with Gasteiger partial charge in [0, 0.05) is 23.5 Å². The first-order valence-electron chi connectivity index (χ1n) is 7.61. The van der Waals surface area contributed by atoms with Crippen LogP contribution in [0.3, 0.4) is 0 Å². The Bertz CT molecular complexity index is 898. The Morgan fingerprint density at radius 3 is 2.79 bits per heavy atom. The van der Waals surface area contributed by atoms with Gasteiger partial charge in [-0.3, -0.25) is 0 Å². The number of aromatic nitrogens is 2. The molecule has 0 fully saturated rings. The van der Waals surface area contributed by atoms with E-state index >= 15 is 0 Å². The third kappa shape index (κ3) is 2.90. The molecule has 1 aliphatic rings. The second kappa shape index (κ2) is 6.30. The third-order valence-electron chi connectivity index (χ3n) is 3.97. The van der Waals surface area contributed by atoms with Gasteiger partial charge in [0.1, 0.15) is 5.82 Å². The molecule has 1 N–H and O–H groups in total. The minimum Gasteiger partial charge on any atom is -0.339 e. The van der Waals surface area contributed by atoms with Crippen molar-refractivity contribution in [3.05, 3.63) is 70.3 Å². The number of anilines is 4. The molecule has 24 heavy (non-hydrogen) atoms. The van der Waals surface area contributed by atoms with Crippen LogP contribution < -0.4 is 10.2 Å². The lowest BCUT2D eigenvalue weighted by atomic mass is 10.2. The normalized spacial score (nSPS) is 13.0. The first kappa shape index (κ1) is 15.2. The van der Waals surface area contributed by atoms with Gasteiger partial charge in [-0.1, -0.05) is 41.4 Å². The molecule has 2 heterocycles. The molecule has 1 aliphatic heterocycles. The van der Waals surface area contributed by atoms with Crippen molar-refractivity contribution < 1.29 is 0 Å². The van der Waals surface area contributed by atoms with Crippen molar-refractivity contribution in [1.82, 2.24) is 9.97 Å². The van der Waals surface area contributed by atoms with Crippen molar-refractivity contribution in [2.45, 2.75) is 6.42 Å². The van der Waals surface area contributed by atoms with E-state index < -0.39 is 0 Å². The summed E-state index contributed by atoms with van der Waals surface area (Å²) in [6.45, 7) is 0.879. The average molecular weight is 357 g/mol. The molecule has 0 bridgehead atoms. The fraction of sp³-hybridized carbons (Fsp3) is 0.111. The largest absolute Gasteiger partial charge is 0.339 e. The van der Waals surface area contributed by atoms with Crippen LogP contribution in [0.25, 0.3) is 0 Å². The molecule has 3 aromatic rings. The quantitative estimate of drug-likeness (QED) is 0.698.